The predicted octanol–water partition coefficient (Wildman–Crippen LogP) is 5.37. The third kappa shape index (κ3) is 3.26. The van der Waals surface area contributed by atoms with Crippen LogP contribution in [-0.4, -0.2) is 13.1 Å². The highest BCUT2D eigenvalue weighted by atomic mass is 35.5. The molecule has 116 valence electrons. The maximum atomic E-state index is 12.5. The van der Waals surface area contributed by atoms with Crippen molar-refractivity contribution in [2.75, 3.05) is 7.11 Å². The van der Waals surface area contributed by atoms with Crippen LogP contribution in [0, 0.1) is 0 Å². The summed E-state index contributed by atoms with van der Waals surface area (Å²) in [6, 6.07) is 15.9. The minimum absolute atomic E-state index is 0.319. The van der Waals surface area contributed by atoms with E-state index < -0.39 is 5.97 Å². The number of ether oxygens (including phenoxy) is 2. The zero-order valence-electron chi connectivity index (χ0n) is 12.2. The fourth-order valence-electron chi connectivity index (χ4n) is 2.25. The lowest BCUT2D eigenvalue weighted by atomic mass is 10.1. The van der Waals surface area contributed by atoms with E-state index in [1.54, 1.807) is 24.3 Å². The largest absolute Gasteiger partial charge is 0.496 e. The first-order chi connectivity index (χ1) is 11.1. The highest BCUT2D eigenvalue weighted by Gasteiger charge is 2.16. The molecule has 0 unspecified atom stereocenters. The van der Waals surface area contributed by atoms with Gasteiger partial charge in [0.05, 0.1) is 17.2 Å². The van der Waals surface area contributed by atoms with Crippen molar-refractivity contribution >= 4 is 39.9 Å². The van der Waals surface area contributed by atoms with E-state index in [4.69, 9.17) is 32.7 Å². The maximum Gasteiger partial charge on any atom is 0.347 e. The van der Waals surface area contributed by atoms with Crippen LogP contribution in [0.25, 0.3) is 10.8 Å². The third-order valence-electron chi connectivity index (χ3n) is 3.39. The van der Waals surface area contributed by atoms with E-state index in [1.165, 1.54) is 13.2 Å². The number of carbonyl (C=O) groups excluding carboxylic acids is 1. The number of methoxy groups -OCH3 is 1. The quantitative estimate of drug-likeness (QED) is 0.472. The Kier molecular flexibility index (Phi) is 4.42. The Bertz CT molecular complexity index is 891. The molecule has 23 heavy (non-hydrogen) atoms. The lowest BCUT2D eigenvalue weighted by Crippen LogP contribution is -2.10. The van der Waals surface area contributed by atoms with Crippen LogP contribution < -0.4 is 9.47 Å². The molecule has 0 N–H and O–H groups in total. The van der Waals surface area contributed by atoms with E-state index >= 15 is 0 Å². The normalized spacial score (nSPS) is 10.6. The zero-order chi connectivity index (χ0) is 16.4. The molecule has 0 bridgehead atoms. The molecule has 0 amide bonds. The van der Waals surface area contributed by atoms with Gasteiger partial charge >= 0.3 is 5.97 Å². The smallest absolute Gasteiger partial charge is 0.347 e. The molecule has 0 radical (unpaired) electrons. The standard InChI is InChI=1S/C18H12Cl2O3/c1-22-17-9-12-5-3-2-4-11(12)8-14(17)18(21)23-13-6-7-15(19)16(20)10-13/h2-10H,1H3. The van der Waals surface area contributed by atoms with Crippen LogP contribution in [0.3, 0.4) is 0 Å². The first-order valence-corrected chi connectivity index (χ1v) is 7.58. The van der Waals surface area contributed by atoms with E-state index in [-0.39, 0.29) is 0 Å². The van der Waals surface area contributed by atoms with Crippen molar-refractivity contribution in [3.05, 3.63) is 70.2 Å². The van der Waals surface area contributed by atoms with Crippen LogP contribution in [0.1, 0.15) is 10.4 Å². The van der Waals surface area contributed by atoms with E-state index in [9.17, 15) is 4.79 Å². The molecule has 0 saturated heterocycles. The maximum absolute atomic E-state index is 12.5. The van der Waals surface area contributed by atoms with Crippen molar-refractivity contribution in [3.8, 4) is 11.5 Å². The first kappa shape index (κ1) is 15.7. The lowest BCUT2D eigenvalue weighted by Gasteiger charge is -2.10. The second-order valence-corrected chi connectivity index (χ2v) is 5.68. The summed E-state index contributed by atoms with van der Waals surface area (Å²) in [6.45, 7) is 0. The van der Waals surface area contributed by atoms with Gasteiger partial charge in [-0.05, 0) is 35.0 Å². The van der Waals surface area contributed by atoms with E-state index in [0.717, 1.165) is 10.8 Å². The van der Waals surface area contributed by atoms with Crippen LogP contribution in [0.15, 0.2) is 54.6 Å². The summed E-state index contributed by atoms with van der Waals surface area (Å²) in [6.07, 6.45) is 0. The number of benzene rings is 3. The van der Waals surface area contributed by atoms with Gasteiger partial charge in [-0.15, -0.1) is 0 Å². The van der Waals surface area contributed by atoms with E-state index in [1.807, 2.05) is 24.3 Å². The highest BCUT2D eigenvalue weighted by Crippen LogP contribution is 2.29. The predicted molar refractivity (Wildman–Crippen MR) is 91.9 cm³/mol. The van der Waals surface area contributed by atoms with Crippen LogP contribution >= 0.6 is 23.2 Å². The van der Waals surface area contributed by atoms with Crippen molar-refractivity contribution in [2.45, 2.75) is 0 Å². The molecule has 3 rings (SSSR count). The molecule has 0 saturated carbocycles. The summed E-state index contributed by atoms with van der Waals surface area (Å²) in [4.78, 5) is 12.5. The van der Waals surface area contributed by atoms with Crippen molar-refractivity contribution in [1.82, 2.24) is 0 Å². The molecule has 0 aliphatic rings. The number of hydrogen-bond acceptors (Lipinski definition) is 3. The van der Waals surface area contributed by atoms with Crippen molar-refractivity contribution in [1.29, 1.82) is 0 Å². The average Bonchev–Trinajstić information content (AvgIpc) is 2.57. The Hall–Kier alpha value is -2.23. The SMILES string of the molecule is COc1cc2ccccc2cc1C(=O)Oc1ccc(Cl)c(Cl)c1. The molecular weight excluding hydrogens is 335 g/mol. The lowest BCUT2D eigenvalue weighted by molar-refractivity contribution is 0.0731. The Labute approximate surface area is 143 Å². The van der Waals surface area contributed by atoms with Crippen LogP contribution in [0.5, 0.6) is 11.5 Å². The van der Waals surface area contributed by atoms with Crippen molar-refractivity contribution < 1.29 is 14.3 Å². The van der Waals surface area contributed by atoms with E-state index in [2.05, 4.69) is 0 Å². The van der Waals surface area contributed by atoms with Gasteiger partial charge in [-0.25, -0.2) is 4.79 Å². The molecule has 3 nitrogen and oxygen atoms in total. The van der Waals surface area contributed by atoms with Gasteiger partial charge in [0, 0.05) is 6.07 Å². The third-order valence-corrected chi connectivity index (χ3v) is 4.13. The Morgan fingerprint density at radius 1 is 0.913 bits per heavy atom. The van der Waals surface area contributed by atoms with Crippen LogP contribution in [0.2, 0.25) is 10.0 Å². The molecule has 0 aliphatic heterocycles. The summed E-state index contributed by atoms with van der Waals surface area (Å²) in [7, 11) is 1.51. The van der Waals surface area contributed by atoms with Crippen LogP contribution in [0.4, 0.5) is 0 Å². The summed E-state index contributed by atoms with van der Waals surface area (Å²) in [5.41, 5.74) is 0.345. The molecule has 3 aromatic carbocycles. The van der Waals surface area contributed by atoms with Gasteiger partial charge in [-0.1, -0.05) is 47.5 Å². The molecule has 0 atom stereocenters. The van der Waals surface area contributed by atoms with Gasteiger partial charge in [0.25, 0.3) is 0 Å². The summed E-state index contributed by atoms with van der Waals surface area (Å²) < 4.78 is 10.7. The number of halogens is 2. The monoisotopic (exact) mass is 346 g/mol. The second-order valence-electron chi connectivity index (χ2n) is 4.87. The van der Waals surface area contributed by atoms with Crippen molar-refractivity contribution in [2.24, 2.45) is 0 Å². The summed E-state index contributed by atoms with van der Waals surface area (Å²) in [5.74, 6) is 0.249. The van der Waals surface area contributed by atoms with E-state index in [0.29, 0.717) is 27.1 Å². The Balaban J connectivity index is 1.97. The van der Waals surface area contributed by atoms with Gasteiger partial charge in [-0.2, -0.15) is 0 Å². The molecule has 0 fully saturated rings. The molecule has 0 spiro atoms. The number of fused-ring (bicyclic) bond motifs is 1. The number of rotatable bonds is 3. The van der Waals surface area contributed by atoms with Gasteiger partial charge in [0.2, 0.25) is 0 Å². The van der Waals surface area contributed by atoms with Gasteiger partial charge < -0.3 is 9.47 Å². The second kappa shape index (κ2) is 6.49. The fourth-order valence-corrected chi connectivity index (χ4v) is 2.54. The fraction of sp³-hybridized carbons (Fsp3) is 0.0556. The summed E-state index contributed by atoms with van der Waals surface area (Å²) in [5, 5.41) is 2.63. The number of hydrogen-bond donors (Lipinski definition) is 0. The Morgan fingerprint density at radius 2 is 1.61 bits per heavy atom. The highest BCUT2D eigenvalue weighted by molar-refractivity contribution is 6.42. The number of carbonyl (C=O) groups is 1. The first-order valence-electron chi connectivity index (χ1n) is 6.82. The topological polar surface area (TPSA) is 35.5 Å². The molecular formula is C18H12Cl2O3. The molecule has 0 aromatic heterocycles. The molecule has 5 heteroatoms. The molecule has 0 heterocycles. The average molecular weight is 347 g/mol. The molecule has 3 aromatic rings. The summed E-state index contributed by atoms with van der Waals surface area (Å²) >= 11 is 11.8. The van der Waals surface area contributed by atoms with Gasteiger partial charge in [0.15, 0.2) is 0 Å². The minimum Gasteiger partial charge on any atom is -0.496 e. The minimum atomic E-state index is -0.522. The van der Waals surface area contributed by atoms with Gasteiger partial charge in [-0.3, -0.25) is 0 Å². The number of esters is 1. The zero-order valence-corrected chi connectivity index (χ0v) is 13.7. The molecule has 0 aliphatic carbocycles. The Morgan fingerprint density at radius 3 is 2.26 bits per heavy atom. The van der Waals surface area contributed by atoms with Crippen LogP contribution in [-0.2, 0) is 0 Å². The van der Waals surface area contributed by atoms with Crippen molar-refractivity contribution in [3.63, 3.8) is 0 Å². The van der Waals surface area contributed by atoms with Gasteiger partial charge in [0.1, 0.15) is 17.1 Å².